The second-order valence-electron chi connectivity index (χ2n) is 5.84. The number of rotatable bonds is 5. The van der Waals surface area contributed by atoms with Gasteiger partial charge in [-0.05, 0) is 53.6 Å². The lowest BCUT2D eigenvalue weighted by Gasteiger charge is -2.10. The van der Waals surface area contributed by atoms with Gasteiger partial charge >= 0.3 is 5.97 Å². The van der Waals surface area contributed by atoms with E-state index in [1.807, 2.05) is 30.3 Å². The topological polar surface area (TPSA) is 59.3 Å². The maximum absolute atomic E-state index is 13.0. The lowest BCUT2D eigenvalue weighted by molar-refractivity contribution is 0.0729. The highest BCUT2D eigenvalue weighted by molar-refractivity contribution is 5.92. The van der Waals surface area contributed by atoms with Gasteiger partial charge in [-0.25, -0.2) is 9.18 Å². The van der Waals surface area contributed by atoms with Crippen LogP contribution < -0.4 is 9.47 Å². The first-order chi connectivity index (χ1) is 13.6. The van der Waals surface area contributed by atoms with Gasteiger partial charge in [0.25, 0.3) is 0 Å². The molecule has 0 unspecified atom stereocenters. The predicted molar refractivity (Wildman–Crippen MR) is 104 cm³/mol. The summed E-state index contributed by atoms with van der Waals surface area (Å²) in [6.07, 6.45) is 1.73. The molecule has 0 amide bonds. The Labute approximate surface area is 162 Å². The highest BCUT2D eigenvalue weighted by Crippen LogP contribution is 2.30. The van der Waals surface area contributed by atoms with Crippen molar-refractivity contribution >= 4 is 17.6 Å². The third-order valence-corrected chi connectivity index (χ3v) is 3.99. The summed E-state index contributed by atoms with van der Waals surface area (Å²) in [4.78, 5) is 12.2. The van der Waals surface area contributed by atoms with Gasteiger partial charge in [-0.2, -0.15) is 5.26 Å². The first-order valence-electron chi connectivity index (χ1n) is 8.43. The maximum atomic E-state index is 13.0. The van der Waals surface area contributed by atoms with Crippen LogP contribution in [0.5, 0.6) is 11.5 Å². The fraction of sp³-hybridized carbons (Fsp3) is 0.0435. The Hall–Kier alpha value is -3.91. The number of halogens is 1. The summed E-state index contributed by atoms with van der Waals surface area (Å²) >= 11 is 0. The van der Waals surface area contributed by atoms with Gasteiger partial charge in [0.2, 0.25) is 0 Å². The molecule has 3 aromatic rings. The minimum atomic E-state index is -0.622. The number of carbonyl (C=O) groups is 1. The van der Waals surface area contributed by atoms with E-state index < -0.39 is 11.8 Å². The molecule has 4 nitrogen and oxygen atoms in total. The van der Waals surface area contributed by atoms with Gasteiger partial charge < -0.3 is 9.47 Å². The molecule has 0 N–H and O–H groups in total. The van der Waals surface area contributed by atoms with Crippen molar-refractivity contribution in [2.75, 3.05) is 7.11 Å². The molecule has 0 saturated carbocycles. The zero-order valence-electron chi connectivity index (χ0n) is 15.1. The lowest BCUT2D eigenvalue weighted by atomic mass is 10.0. The van der Waals surface area contributed by atoms with Crippen LogP contribution in [0.3, 0.4) is 0 Å². The fourth-order valence-electron chi connectivity index (χ4n) is 2.57. The van der Waals surface area contributed by atoms with Crippen molar-refractivity contribution in [3.63, 3.8) is 0 Å². The third kappa shape index (κ3) is 4.43. The zero-order chi connectivity index (χ0) is 19.9. The van der Waals surface area contributed by atoms with Crippen LogP contribution in [-0.2, 0) is 0 Å². The molecule has 3 rings (SSSR count). The number of carbonyl (C=O) groups excluding carboxylic acids is 1. The van der Waals surface area contributed by atoms with Crippen LogP contribution in [-0.4, -0.2) is 13.1 Å². The molecule has 0 radical (unpaired) electrons. The van der Waals surface area contributed by atoms with E-state index in [0.717, 1.165) is 11.1 Å². The Morgan fingerprint density at radius 2 is 1.68 bits per heavy atom. The SMILES string of the molecule is COc1cc(/C=C(/C#N)c2ccccc2)ccc1OC(=O)c1ccc(F)cc1. The van der Waals surface area contributed by atoms with Gasteiger partial charge in [0.1, 0.15) is 5.82 Å². The standard InChI is InChI=1S/C23H16FNO3/c1-27-22-14-16(13-19(15-25)17-5-3-2-4-6-17)7-12-21(22)28-23(26)18-8-10-20(24)11-9-18/h2-14H,1H3/b19-13-. The van der Waals surface area contributed by atoms with Gasteiger partial charge in [0.05, 0.1) is 24.3 Å². The van der Waals surface area contributed by atoms with Crippen molar-refractivity contribution in [1.82, 2.24) is 0 Å². The van der Waals surface area contributed by atoms with E-state index in [0.29, 0.717) is 11.3 Å². The zero-order valence-corrected chi connectivity index (χ0v) is 15.1. The van der Waals surface area contributed by atoms with E-state index >= 15 is 0 Å². The largest absolute Gasteiger partial charge is 0.493 e. The van der Waals surface area contributed by atoms with Crippen LogP contribution in [0.15, 0.2) is 72.8 Å². The fourth-order valence-corrected chi connectivity index (χ4v) is 2.57. The molecule has 0 aliphatic carbocycles. The normalized spacial score (nSPS) is 10.8. The quantitative estimate of drug-likeness (QED) is 0.270. The van der Waals surface area contributed by atoms with Crippen LogP contribution >= 0.6 is 0 Å². The van der Waals surface area contributed by atoms with Gasteiger partial charge in [0.15, 0.2) is 11.5 Å². The molecule has 0 aliphatic rings. The number of hydrogen-bond donors (Lipinski definition) is 0. The molecule has 138 valence electrons. The lowest BCUT2D eigenvalue weighted by Crippen LogP contribution is -2.09. The summed E-state index contributed by atoms with van der Waals surface area (Å²) < 4.78 is 23.7. The molecular weight excluding hydrogens is 357 g/mol. The molecule has 0 spiro atoms. The van der Waals surface area contributed by atoms with Crippen molar-refractivity contribution in [2.45, 2.75) is 0 Å². The monoisotopic (exact) mass is 373 g/mol. The maximum Gasteiger partial charge on any atom is 0.343 e. The summed E-state index contributed by atoms with van der Waals surface area (Å²) in [5, 5.41) is 9.44. The molecular formula is C23H16FNO3. The highest BCUT2D eigenvalue weighted by atomic mass is 19.1. The van der Waals surface area contributed by atoms with Gasteiger partial charge in [-0.3, -0.25) is 0 Å². The number of nitrogens with zero attached hydrogens (tertiary/aromatic N) is 1. The Bertz CT molecular complexity index is 1050. The third-order valence-electron chi connectivity index (χ3n) is 3.99. The summed E-state index contributed by atoms with van der Waals surface area (Å²) in [6, 6.07) is 21.5. The molecule has 28 heavy (non-hydrogen) atoms. The molecule has 0 saturated heterocycles. The average Bonchev–Trinajstić information content (AvgIpc) is 2.74. The summed E-state index contributed by atoms with van der Waals surface area (Å²) in [6.45, 7) is 0. The predicted octanol–water partition coefficient (Wildman–Crippen LogP) is 5.12. The van der Waals surface area contributed by atoms with E-state index in [-0.39, 0.29) is 11.3 Å². The average molecular weight is 373 g/mol. The van der Waals surface area contributed by atoms with Gasteiger partial charge in [-0.1, -0.05) is 36.4 Å². The van der Waals surface area contributed by atoms with E-state index in [9.17, 15) is 14.4 Å². The van der Waals surface area contributed by atoms with Crippen LogP contribution in [0.2, 0.25) is 0 Å². The Balaban J connectivity index is 1.86. The van der Waals surface area contributed by atoms with Gasteiger partial charge in [0, 0.05) is 0 Å². The van der Waals surface area contributed by atoms with Crippen molar-refractivity contribution in [3.8, 4) is 17.6 Å². The van der Waals surface area contributed by atoms with Crippen molar-refractivity contribution in [1.29, 1.82) is 5.26 Å². The minimum absolute atomic E-state index is 0.225. The van der Waals surface area contributed by atoms with E-state index in [1.165, 1.54) is 31.4 Å². The van der Waals surface area contributed by atoms with E-state index in [1.54, 1.807) is 24.3 Å². The van der Waals surface area contributed by atoms with Crippen LogP contribution in [0.4, 0.5) is 4.39 Å². The first-order valence-corrected chi connectivity index (χ1v) is 8.43. The number of benzene rings is 3. The van der Waals surface area contributed by atoms with E-state index in [4.69, 9.17) is 9.47 Å². The number of nitriles is 1. The van der Waals surface area contributed by atoms with Gasteiger partial charge in [-0.15, -0.1) is 0 Å². The first kappa shape index (κ1) is 18.9. The number of hydrogen-bond acceptors (Lipinski definition) is 4. The molecule has 0 bridgehead atoms. The van der Waals surface area contributed by atoms with Crippen LogP contribution in [0.25, 0.3) is 11.6 Å². The molecule has 5 heteroatoms. The van der Waals surface area contributed by atoms with Crippen molar-refractivity contribution in [2.24, 2.45) is 0 Å². The second kappa shape index (κ2) is 8.65. The Kier molecular flexibility index (Phi) is 5.83. The molecule has 0 atom stereocenters. The number of allylic oxidation sites excluding steroid dienone is 1. The highest BCUT2D eigenvalue weighted by Gasteiger charge is 2.13. The Morgan fingerprint density at radius 1 is 0.964 bits per heavy atom. The number of methoxy groups -OCH3 is 1. The van der Waals surface area contributed by atoms with Crippen molar-refractivity contribution in [3.05, 3.63) is 95.3 Å². The number of esters is 1. The molecule has 3 aromatic carbocycles. The van der Waals surface area contributed by atoms with Crippen molar-refractivity contribution < 1.29 is 18.7 Å². The summed E-state index contributed by atoms with van der Waals surface area (Å²) in [5.41, 5.74) is 2.25. The van der Waals surface area contributed by atoms with Crippen LogP contribution in [0.1, 0.15) is 21.5 Å². The molecule has 0 fully saturated rings. The molecule has 0 heterocycles. The van der Waals surface area contributed by atoms with E-state index in [2.05, 4.69) is 6.07 Å². The smallest absolute Gasteiger partial charge is 0.343 e. The van der Waals surface area contributed by atoms with Crippen LogP contribution in [0, 0.1) is 17.1 Å². The molecule has 0 aliphatic heterocycles. The number of ether oxygens (including phenoxy) is 2. The second-order valence-corrected chi connectivity index (χ2v) is 5.84. The Morgan fingerprint density at radius 3 is 2.32 bits per heavy atom. The minimum Gasteiger partial charge on any atom is -0.493 e. The molecule has 0 aromatic heterocycles. The summed E-state index contributed by atoms with van der Waals surface area (Å²) in [7, 11) is 1.46. The summed E-state index contributed by atoms with van der Waals surface area (Å²) in [5.74, 6) is -0.484.